The normalized spacial score (nSPS) is 19.8. The minimum Gasteiger partial charge on any atom is -0.363 e. The molecule has 0 saturated heterocycles. The third kappa shape index (κ3) is 5.88. The van der Waals surface area contributed by atoms with Gasteiger partial charge in [0.25, 0.3) is 0 Å². The SMILES string of the molecule is CC.CC.CC1=CNOC1O. The van der Waals surface area contributed by atoms with Gasteiger partial charge in [0.1, 0.15) is 0 Å². The molecule has 1 aliphatic rings. The van der Waals surface area contributed by atoms with Crippen LogP contribution in [0, 0.1) is 0 Å². The first kappa shape index (κ1) is 13.1. The van der Waals surface area contributed by atoms with E-state index in [-0.39, 0.29) is 0 Å². The van der Waals surface area contributed by atoms with Crippen LogP contribution in [0.5, 0.6) is 0 Å². The summed E-state index contributed by atoms with van der Waals surface area (Å²) in [7, 11) is 0. The Hall–Kier alpha value is -0.540. The third-order valence-electron chi connectivity index (χ3n) is 0.856. The van der Waals surface area contributed by atoms with E-state index in [0.717, 1.165) is 5.57 Å². The second-order valence-corrected chi connectivity index (χ2v) is 1.48. The molecule has 0 aromatic rings. The molecule has 68 valence electrons. The molecule has 11 heavy (non-hydrogen) atoms. The summed E-state index contributed by atoms with van der Waals surface area (Å²) in [6.45, 7) is 9.78. The molecule has 0 aliphatic carbocycles. The molecule has 2 N–H and O–H groups in total. The molecule has 1 rings (SSSR count). The van der Waals surface area contributed by atoms with Crippen molar-refractivity contribution in [2.75, 3.05) is 0 Å². The molecule has 1 unspecified atom stereocenters. The number of hydroxylamine groups is 1. The molecule has 0 radical (unpaired) electrons. The van der Waals surface area contributed by atoms with Gasteiger partial charge >= 0.3 is 0 Å². The maximum atomic E-state index is 8.64. The van der Waals surface area contributed by atoms with Crippen molar-refractivity contribution in [1.82, 2.24) is 5.48 Å². The molecule has 0 aromatic heterocycles. The summed E-state index contributed by atoms with van der Waals surface area (Å²) < 4.78 is 0. The molecule has 0 amide bonds. The zero-order chi connectivity index (χ0) is 9.28. The Labute approximate surface area is 69.0 Å². The lowest BCUT2D eigenvalue weighted by atomic mass is 10.3. The quantitative estimate of drug-likeness (QED) is 0.569. The van der Waals surface area contributed by atoms with Crippen molar-refractivity contribution in [3.05, 3.63) is 11.8 Å². The van der Waals surface area contributed by atoms with Gasteiger partial charge in [-0.2, -0.15) is 0 Å². The predicted molar refractivity (Wildman–Crippen MR) is 46.7 cm³/mol. The Bertz CT molecular complexity index is 102. The molecule has 1 atom stereocenters. The number of aliphatic hydroxyl groups is 1. The van der Waals surface area contributed by atoms with Crippen molar-refractivity contribution in [1.29, 1.82) is 0 Å². The Balaban J connectivity index is 0. The van der Waals surface area contributed by atoms with Crippen LogP contribution in [0.2, 0.25) is 0 Å². The van der Waals surface area contributed by atoms with Gasteiger partial charge < -0.3 is 5.11 Å². The van der Waals surface area contributed by atoms with Crippen LogP contribution in [-0.2, 0) is 4.84 Å². The van der Waals surface area contributed by atoms with Crippen LogP contribution < -0.4 is 5.48 Å². The summed E-state index contributed by atoms with van der Waals surface area (Å²) in [6.07, 6.45) is 0.880. The molecule has 0 bridgehead atoms. The summed E-state index contributed by atoms with van der Waals surface area (Å²) in [4.78, 5) is 4.48. The van der Waals surface area contributed by atoms with E-state index in [1.165, 1.54) is 0 Å². The number of nitrogens with one attached hydrogen (secondary N) is 1. The molecule has 0 aromatic carbocycles. The highest BCUT2D eigenvalue weighted by molar-refractivity contribution is 5.01. The average molecular weight is 161 g/mol. The standard InChI is InChI=1S/C4H7NO2.2C2H6/c1-3-2-5-7-4(3)6;2*1-2/h2,4-6H,1H3;2*1-2H3. The van der Waals surface area contributed by atoms with E-state index in [1.54, 1.807) is 13.1 Å². The van der Waals surface area contributed by atoms with E-state index >= 15 is 0 Å². The van der Waals surface area contributed by atoms with Crippen LogP contribution in [0.15, 0.2) is 11.8 Å². The van der Waals surface area contributed by atoms with Crippen LogP contribution in [0.25, 0.3) is 0 Å². The van der Waals surface area contributed by atoms with Gasteiger partial charge in [-0.05, 0) is 6.92 Å². The maximum absolute atomic E-state index is 8.64. The minimum absolute atomic E-state index is 0.736. The Morgan fingerprint density at radius 3 is 1.91 bits per heavy atom. The number of hydrogen-bond donors (Lipinski definition) is 2. The Morgan fingerprint density at radius 1 is 1.36 bits per heavy atom. The van der Waals surface area contributed by atoms with Crippen LogP contribution in [0.3, 0.4) is 0 Å². The second-order valence-electron chi connectivity index (χ2n) is 1.48. The van der Waals surface area contributed by atoms with Gasteiger partial charge in [0.05, 0.1) is 0 Å². The van der Waals surface area contributed by atoms with Gasteiger partial charge in [-0.25, -0.2) is 4.84 Å². The van der Waals surface area contributed by atoms with Gasteiger partial charge in [-0.1, -0.05) is 27.7 Å². The van der Waals surface area contributed by atoms with Gasteiger partial charge in [0.2, 0.25) is 6.29 Å². The first-order valence-corrected chi connectivity index (χ1v) is 4.06. The lowest BCUT2D eigenvalue weighted by molar-refractivity contribution is -0.0895. The highest BCUT2D eigenvalue weighted by Crippen LogP contribution is 2.04. The molecule has 1 heterocycles. The van der Waals surface area contributed by atoms with Gasteiger partial charge in [-0.15, -0.1) is 0 Å². The Morgan fingerprint density at radius 2 is 1.82 bits per heavy atom. The van der Waals surface area contributed by atoms with E-state index in [2.05, 4.69) is 10.3 Å². The summed E-state index contributed by atoms with van der Waals surface area (Å²) in [6, 6.07) is 0. The van der Waals surface area contributed by atoms with Crippen LogP contribution in [0.1, 0.15) is 34.6 Å². The lowest BCUT2D eigenvalue weighted by Crippen LogP contribution is -2.10. The predicted octanol–water partition coefficient (Wildman–Crippen LogP) is 1.80. The van der Waals surface area contributed by atoms with Crippen molar-refractivity contribution >= 4 is 0 Å². The second kappa shape index (κ2) is 9.46. The fraction of sp³-hybridized carbons (Fsp3) is 0.750. The van der Waals surface area contributed by atoms with E-state index in [1.807, 2.05) is 27.7 Å². The molecule has 0 saturated carbocycles. The van der Waals surface area contributed by atoms with Crippen molar-refractivity contribution in [3.63, 3.8) is 0 Å². The molecule has 1 aliphatic heterocycles. The zero-order valence-corrected chi connectivity index (χ0v) is 8.01. The first-order chi connectivity index (χ1) is 5.30. The molecule has 0 spiro atoms. The van der Waals surface area contributed by atoms with Gasteiger partial charge in [0, 0.05) is 11.8 Å². The summed E-state index contributed by atoms with van der Waals surface area (Å²) >= 11 is 0. The molecule has 3 nitrogen and oxygen atoms in total. The summed E-state index contributed by atoms with van der Waals surface area (Å²) in [5, 5.41) is 8.64. The summed E-state index contributed by atoms with van der Waals surface area (Å²) in [5.41, 5.74) is 3.22. The fourth-order valence-corrected chi connectivity index (χ4v) is 0.356. The number of rotatable bonds is 0. The highest BCUT2D eigenvalue weighted by atomic mass is 16.7. The molecule has 0 fully saturated rings. The first-order valence-electron chi connectivity index (χ1n) is 4.06. The van der Waals surface area contributed by atoms with E-state index in [0.29, 0.717) is 0 Å². The number of hydrogen-bond acceptors (Lipinski definition) is 3. The Kier molecular flexibility index (Phi) is 11.2. The van der Waals surface area contributed by atoms with Crippen molar-refractivity contribution in [2.45, 2.75) is 40.9 Å². The zero-order valence-electron chi connectivity index (χ0n) is 8.01. The van der Waals surface area contributed by atoms with E-state index in [4.69, 9.17) is 5.11 Å². The smallest absolute Gasteiger partial charge is 0.204 e. The highest BCUT2D eigenvalue weighted by Gasteiger charge is 2.10. The van der Waals surface area contributed by atoms with Crippen LogP contribution in [-0.4, -0.2) is 11.4 Å². The van der Waals surface area contributed by atoms with Crippen molar-refractivity contribution < 1.29 is 9.94 Å². The van der Waals surface area contributed by atoms with Crippen LogP contribution >= 0.6 is 0 Å². The van der Waals surface area contributed by atoms with E-state index < -0.39 is 6.29 Å². The molecular formula is C8H19NO2. The maximum Gasteiger partial charge on any atom is 0.204 e. The topological polar surface area (TPSA) is 41.5 Å². The third-order valence-corrected chi connectivity index (χ3v) is 0.856. The largest absolute Gasteiger partial charge is 0.363 e. The lowest BCUT2D eigenvalue weighted by Gasteiger charge is -1.97. The summed E-state index contributed by atoms with van der Waals surface area (Å²) in [5.74, 6) is 0. The fourth-order valence-electron chi connectivity index (χ4n) is 0.356. The van der Waals surface area contributed by atoms with Gasteiger partial charge in [-0.3, -0.25) is 5.48 Å². The van der Waals surface area contributed by atoms with Gasteiger partial charge in [0.15, 0.2) is 0 Å². The average Bonchev–Trinajstić information content (AvgIpc) is 2.44. The number of aliphatic hydroxyl groups excluding tert-OH is 1. The minimum atomic E-state index is -0.736. The molecular weight excluding hydrogens is 142 g/mol. The van der Waals surface area contributed by atoms with Crippen molar-refractivity contribution in [3.8, 4) is 0 Å². The molecule has 3 heteroatoms. The van der Waals surface area contributed by atoms with E-state index in [9.17, 15) is 0 Å². The van der Waals surface area contributed by atoms with Crippen molar-refractivity contribution in [2.24, 2.45) is 0 Å². The van der Waals surface area contributed by atoms with Crippen LogP contribution in [0.4, 0.5) is 0 Å². The monoisotopic (exact) mass is 161 g/mol.